The van der Waals surface area contributed by atoms with Crippen molar-refractivity contribution in [3.8, 4) is 5.75 Å². The number of amides is 3. The van der Waals surface area contributed by atoms with Crippen molar-refractivity contribution in [3.05, 3.63) is 77.9 Å². The molecule has 0 saturated heterocycles. The molecule has 0 spiro atoms. The topological polar surface area (TPSA) is 134 Å². The lowest BCUT2D eigenvalue weighted by atomic mass is 9.99. The SMILES string of the molecule is C=CCN(C(=O)C(C)NC(=O)OC(C)(C)C)C(C(=O)NC(Cc1ccccc1)C(=O)OC(C)(C)C)c1ccc(O)c(C)c1. The highest BCUT2D eigenvalue weighted by molar-refractivity contribution is 5.94. The average molecular weight is 596 g/mol. The molecule has 0 aliphatic carbocycles. The van der Waals surface area contributed by atoms with Crippen molar-refractivity contribution in [1.82, 2.24) is 15.5 Å². The van der Waals surface area contributed by atoms with Gasteiger partial charge in [0.2, 0.25) is 11.8 Å². The number of aromatic hydroxyl groups is 1. The number of ether oxygens (including phenoxy) is 2. The third-order valence-electron chi connectivity index (χ3n) is 6.10. The van der Waals surface area contributed by atoms with Crippen LogP contribution in [0.3, 0.4) is 0 Å². The normalized spacial score (nSPS) is 13.6. The number of phenols is 1. The Balaban J connectivity index is 2.52. The van der Waals surface area contributed by atoms with Gasteiger partial charge in [-0.25, -0.2) is 9.59 Å². The molecule has 0 aromatic heterocycles. The van der Waals surface area contributed by atoms with E-state index in [9.17, 15) is 24.3 Å². The summed E-state index contributed by atoms with van der Waals surface area (Å²) in [5.41, 5.74) is 0.0709. The number of hydrogen-bond donors (Lipinski definition) is 3. The summed E-state index contributed by atoms with van der Waals surface area (Å²) < 4.78 is 10.9. The summed E-state index contributed by atoms with van der Waals surface area (Å²) in [7, 11) is 0. The first kappa shape index (κ1) is 34.9. The van der Waals surface area contributed by atoms with Gasteiger partial charge >= 0.3 is 12.1 Å². The van der Waals surface area contributed by atoms with Gasteiger partial charge in [0.15, 0.2) is 0 Å². The van der Waals surface area contributed by atoms with Crippen LogP contribution in [0.1, 0.15) is 71.2 Å². The first-order valence-corrected chi connectivity index (χ1v) is 14.2. The molecule has 3 N–H and O–H groups in total. The predicted molar refractivity (Wildman–Crippen MR) is 164 cm³/mol. The zero-order chi connectivity index (χ0) is 32.5. The second kappa shape index (κ2) is 14.7. The summed E-state index contributed by atoms with van der Waals surface area (Å²) in [5.74, 6) is -1.86. The maximum absolute atomic E-state index is 14.1. The number of nitrogens with one attached hydrogen (secondary N) is 2. The van der Waals surface area contributed by atoms with Crippen LogP contribution < -0.4 is 10.6 Å². The van der Waals surface area contributed by atoms with Gasteiger partial charge in [0, 0.05) is 13.0 Å². The van der Waals surface area contributed by atoms with Crippen molar-refractivity contribution >= 4 is 23.9 Å². The number of benzene rings is 2. The van der Waals surface area contributed by atoms with Crippen molar-refractivity contribution in [2.75, 3.05) is 6.54 Å². The summed E-state index contributed by atoms with van der Waals surface area (Å²) in [6.45, 7) is 17.1. The van der Waals surface area contributed by atoms with Crippen molar-refractivity contribution in [1.29, 1.82) is 0 Å². The van der Waals surface area contributed by atoms with Crippen molar-refractivity contribution < 1.29 is 33.8 Å². The van der Waals surface area contributed by atoms with Gasteiger partial charge in [0.1, 0.15) is 35.1 Å². The number of nitrogens with zero attached hydrogens (tertiary/aromatic N) is 1. The average Bonchev–Trinajstić information content (AvgIpc) is 2.88. The molecule has 0 bridgehead atoms. The van der Waals surface area contributed by atoms with Crippen LogP contribution in [-0.4, -0.2) is 63.7 Å². The largest absolute Gasteiger partial charge is 0.508 e. The van der Waals surface area contributed by atoms with E-state index in [-0.39, 0.29) is 18.7 Å². The smallest absolute Gasteiger partial charge is 0.408 e. The standard InChI is InChI=1S/C33H45N3O7/c1-10-18-36(29(39)22(3)34-31(41)43-33(7,8)9)27(24-16-17-26(37)21(2)19-24)28(38)35-25(30(40)42-32(4,5)6)20-23-14-12-11-13-15-23/h10-17,19,22,25,27,37H,1,18,20H2,2-9H3,(H,34,41)(H,35,38). The maximum Gasteiger partial charge on any atom is 0.408 e. The summed E-state index contributed by atoms with van der Waals surface area (Å²) in [6.07, 6.45) is 0.816. The number of phenolic OH excluding ortho intramolecular Hbond substituents is 1. The first-order valence-electron chi connectivity index (χ1n) is 14.2. The van der Waals surface area contributed by atoms with Crippen molar-refractivity contribution in [3.63, 3.8) is 0 Å². The van der Waals surface area contributed by atoms with Crippen molar-refractivity contribution in [2.45, 2.75) is 91.1 Å². The van der Waals surface area contributed by atoms with Gasteiger partial charge in [0.25, 0.3) is 0 Å². The number of hydrogen-bond acceptors (Lipinski definition) is 7. The molecular weight excluding hydrogens is 550 g/mol. The highest BCUT2D eigenvalue weighted by atomic mass is 16.6. The van der Waals surface area contributed by atoms with Crippen LogP contribution in [0.15, 0.2) is 61.2 Å². The molecule has 0 aliphatic rings. The van der Waals surface area contributed by atoms with E-state index in [0.29, 0.717) is 11.1 Å². The summed E-state index contributed by atoms with van der Waals surface area (Å²) in [5, 5.41) is 15.5. The van der Waals surface area contributed by atoms with E-state index >= 15 is 0 Å². The van der Waals surface area contributed by atoms with E-state index in [1.54, 1.807) is 54.5 Å². The molecule has 3 atom stereocenters. The Morgan fingerprint density at radius 3 is 2.09 bits per heavy atom. The van der Waals surface area contributed by atoms with Gasteiger partial charge in [-0.3, -0.25) is 9.59 Å². The van der Waals surface area contributed by atoms with Gasteiger partial charge in [-0.2, -0.15) is 0 Å². The van der Waals surface area contributed by atoms with E-state index in [0.717, 1.165) is 5.56 Å². The Hall–Kier alpha value is -4.34. The van der Waals surface area contributed by atoms with Gasteiger partial charge in [-0.15, -0.1) is 6.58 Å². The fourth-order valence-corrected chi connectivity index (χ4v) is 4.24. The van der Waals surface area contributed by atoms with Crippen LogP contribution in [0.5, 0.6) is 5.75 Å². The fraction of sp³-hybridized carbons (Fsp3) is 0.455. The first-order chi connectivity index (χ1) is 19.9. The number of carbonyl (C=O) groups excluding carboxylic acids is 4. The number of aryl methyl sites for hydroxylation is 1. The minimum atomic E-state index is -1.26. The predicted octanol–water partition coefficient (Wildman–Crippen LogP) is 4.74. The Morgan fingerprint density at radius 2 is 1.56 bits per heavy atom. The van der Waals surface area contributed by atoms with Crippen LogP contribution in [0, 0.1) is 6.92 Å². The molecule has 0 heterocycles. The number of rotatable bonds is 11. The Kier molecular flexibility index (Phi) is 11.9. The van der Waals surface area contributed by atoms with Crippen LogP contribution in [0.2, 0.25) is 0 Å². The lowest BCUT2D eigenvalue weighted by molar-refractivity contribution is -0.159. The monoisotopic (exact) mass is 595 g/mol. The van der Waals surface area contributed by atoms with E-state index < -0.39 is 53.2 Å². The van der Waals surface area contributed by atoms with E-state index in [4.69, 9.17) is 9.47 Å². The lowest BCUT2D eigenvalue weighted by Crippen LogP contribution is -2.54. The summed E-state index contributed by atoms with van der Waals surface area (Å²) in [6, 6.07) is 10.3. The second-order valence-electron chi connectivity index (χ2n) is 12.4. The number of carbonyl (C=O) groups is 4. The molecular formula is C33H45N3O7. The Labute approximate surface area is 254 Å². The third kappa shape index (κ3) is 11.1. The van der Waals surface area contributed by atoms with E-state index in [1.165, 1.54) is 30.0 Å². The minimum Gasteiger partial charge on any atom is -0.508 e. The van der Waals surface area contributed by atoms with Crippen LogP contribution >= 0.6 is 0 Å². The molecule has 3 unspecified atom stereocenters. The Bertz CT molecular complexity index is 1300. The molecule has 234 valence electrons. The van der Waals surface area contributed by atoms with Gasteiger partial charge in [-0.05, 0) is 84.2 Å². The maximum atomic E-state index is 14.1. The Morgan fingerprint density at radius 1 is 0.953 bits per heavy atom. The summed E-state index contributed by atoms with van der Waals surface area (Å²) in [4.78, 5) is 54.9. The van der Waals surface area contributed by atoms with Gasteiger partial charge < -0.3 is 30.1 Å². The zero-order valence-electron chi connectivity index (χ0n) is 26.4. The molecule has 2 aromatic rings. The molecule has 2 rings (SSSR count). The molecule has 2 aromatic carbocycles. The van der Waals surface area contributed by atoms with Gasteiger partial charge in [0.05, 0.1) is 0 Å². The van der Waals surface area contributed by atoms with Crippen molar-refractivity contribution in [2.24, 2.45) is 0 Å². The highest BCUT2D eigenvalue weighted by Gasteiger charge is 2.37. The molecule has 10 nitrogen and oxygen atoms in total. The molecule has 0 fully saturated rings. The fourth-order valence-electron chi connectivity index (χ4n) is 4.24. The molecule has 0 saturated carbocycles. The lowest BCUT2D eigenvalue weighted by Gasteiger charge is -2.34. The third-order valence-corrected chi connectivity index (χ3v) is 6.10. The van der Waals surface area contributed by atoms with E-state index in [1.807, 2.05) is 30.3 Å². The molecule has 0 radical (unpaired) electrons. The summed E-state index contributed by atoms with van der Waals surface area (Å²) >= 11 is 0. The molecule has 0 aliphatic heterocycles. The minimum absolute atomic E-state index is 0.0141. The van der Waals surface area contributed by atoms with Crippen LogP contribution in [0.4, 0.5) is 4.79 Å². The van der Waals surface area contributed by atoms with Crippen LogP contribution in [0.25, 0.3) is 0 Å². The van der Waals surface area contributed by atoms with Gasteiger partial charge in [-0.1, -0.05) is 42.5 Å². The number of esters is 1. The molecule has 3 amide bonds. The highest BCUT2D eigenvalue weighted by Crippen LogP contribution is 2.27. The zero-order valence-corrected chi connectivity index (χ0v) is 26.4. The second-order valence-corrected chi connectivity index (χ2v) is 12.4. The van der Waals surface area contributed by atoms with E-state index in [2.05, 4.69) is 17.2 Å². The van der Waals surface area contributed by atoms with Crippen LogP contribution in [-0.2, 0) is 30.3 Å². The number of alkyl carbamates (subject to hydrolysis) is 1. The quantitative estimate of drug-likeness (QED) is 0.252. The molecule has 10 heteroatoms. The molecule has 43 heavy (non-hydrogen) atoms.